The summed E-state index contributed by atoms with van der Waals surface area (Å²) in [5.41, 5.74) is 5.31. The molecular formula is C10H12ClNO3. The highest BCUT2D eigenvalue weighted by Crippen LogP contribution is 2.23. The second kappa shape index (κ2) is 5.58. The van der Waals surface area contributed by atoms with Crippen molar-refractivity contribution in [3.05, 3.63) is 29.3 Å². The molecule has 0 aliphatic rings. The van der Waals surface area contributed by atoms with E-state index in [0.29, 0.717) is 10.8 Å². The van der Waals surface area contributed by atoms with Crippen LogP contribution in [0.5, 0.6) is 5.75 Å². The molecule has 5 heteroatoms. The van der Waals surface area contributed by atoms with E-state index in [1.54, 1.807) is 24.3 Å². The Morgan fingerprint density at radius 2 is 2.20 bits per heavy atom. The average Bonchev–Trinajstić information content (AvgIpc) is 2.20. The van der Waals surface area contributed by atoms with Gasteiger partial charge in [-0.1, -0.05) is 23.7 Å². The van der Waals surface area contributed by atoms with E-state index in [1.165, 1.54) is 0 Å². The number of para-hydroxylation sites is 1. The van der Waals surface area contributed by atoms with Crippen LogP contribution in [0.3, 0.4) is 0 Å². The molecule has 0 spiro atoms. The van der Waals surface area contributed by atoms with Crippen LogP contribution in [0.2, 0.25) is 5.02 Å². The quantitative estimate of drug-likeness (QED) is 0.803. The Morgan fingerprint density at radius 3 is 2.80 bits per heavy atom. The maximum Gasteiger partial charge on any atom is 0.320 e. The summed E-state index contributed by atoms with van der Waals surface area (Å²) in [7, 11) is 0. The van der Waals surface area contributed by atoms with Crippen molar-refractivity contribution in [1.29, 1.82) is 0 Å². The number of hydrogen-bond donors (Lipinski definition) is 2. The third kappa shape index (κ3) is 3.77. The Labute approximate surface area is 92.6 Å². The monoisotopic (exact) mass is 229 g/mol. The minimum absolute atomic E-state index is 0.233. The predicted molar refractivity (Wildman–Crippen MR) is 57.2 cm³/mol. The number of carbonyl (C=O) groups is 1. The number of aliphatic carboxylic acids is 1. The van der Waals surface area contributed by atoms with Gasteiger partial charge in [0.25, 0.3) is 0 Å². The van der Waals surface area contributed by atoms with Gasteiger partial charge in [0.1, 0.15) is 11.8 Å². The van der Waals surface area contributed by atoms with Crippen LogP contribution in [0.1, 0.15) is 6.42 Å². The van der Waals surface area contributed by atoms with Gasteiger partial charge in [-0.25, -0.2) is 0 Å². The van der Waals surface area contributed by atoms with Crippen molar-refractivity contribution in [2.45, 2.75) is 12.5 Å². The fourth-order valence-electron chi connectivity index (χ4n) is 0.981. The molecule has 1 atom stereocenters. The second-order valence-corrected chi connectivity index (χ2v) is 3.42. The molecule has 4 nitrogen and oxygen atoms in total. The van der Waals surface area contributed by atoms with E-state index < -0.39 is 12.0 Å². The molecule has 0 aromatic heterocycles. The van der Waals surface area contributed by atoms with E-state index in [9.17, 15) is 4.79 Å². The van der Waals surface area contributed by atoms with Gasteiger partial charge in [-0.2, -0.15) is 0 Å². The van der Waals surface area contributed by atoms with Crippen LogP contribution in [0, 0.1) is 0 Å². The second-order valence-electron chi connectivity index (χ2n) is 3.01. The maximum absolute atomic E-state index is 10.4. The van der Waals surface area contributed by atoms with Crippen LogP contribution in [0.15, 0.2) is 24.3 Å². The van der Waals surface area contributed by atoms with Crippen LogP contribution < -0.4 is 10.5 Å². The standard InChI is InChI=1S/C10H12ClNO3/c11-7-3-1-2-4-9(7)15-6-5-8(12)10(13)14/h1-4,8H,5-6,12H2,(H,13,14)/t8-/m0/s1. The van der Waals surface area contributed by atoms with E-state index in [2.05, 4.69) is 0 Å². The molecule has 0 saturated carbocycles. The fraction of sp³-hybridized carbons (Fsp3) is 0.300. The van der Waals surface area contributed by atoms with E-state index in [4.69, 9.17) is 27.2 Å². The molecule has 15 heavy (non-hydrogen) atoms. The minimum atomic E-state index is -1.03. The highest BCUT2D eigenvalue weighted by molar-refractivity contribution is 6.32. The molecule has 0 unspecified atom stereocenters. The lowest BCUT2D eigenvalue weighted by atomic mass is 10.2. The average molecular weight is 230 g/mol. The first-order valence-corrected chi connectivity index (χ1v) is 4.85. The zero-order chi connectivity index (χ0) is 11.3. The van der Waals surface area contributed by atoms with Gasteiger partial charge < -0.3 is 15.6 Å². The molecule has 0 radical (unpaired) electrons. The van der Waals surface area contributed by atoms with Crippen molar-refractivity contribution in [3.8, 4) is 5.75 Å². The van der Waals surface area contributed by atoms with E-state index in [0.717, 1.165) is 0 Å². The summed E-state index contributed by atoms with van der Waals surface area (Å²) in [5, 5.41) is 9.03. The van der Waals surface area contributed by atoms with E-state index in [-0.39, 0.29) is 13.0 Å². The Hall–Kier alpha value is -1.26. The predicted octanol–water partition coefficient (Wildman–Crippen LogP) is 1.52. The summed E-state index contributed by atoms with van der Waals surface area (Å²) in [6, 6.07) is 6.10. The summed E-state index contributed by atoms with van der Waals surface area (Å²) in [4.78, 5) is 10.4. The molecule has 1 aromatic carbocycles. The van der Waals surface area contributed by atoms with Gasteiger partial charge in [0, 0.05) is 6.42 Å². The SMILES string of the molecule is N[C@@H](CCOc1ccccc1Cl)C(=O)O. The van der Waals surface area contributed by atoms with Gasteiger partial charge in [0.05, 0.1) is 11.6 Å². The molecule has 1 aromatic rings. The molecule has 1 rings (SSSR count). The Bertz CT molecular complexity index is 343. The van der Waals surface area contributed by atoms with Gasteiger partial charge in [-0.3, -0.25) is 4.79 Å². The highest BCUT2D eigenvalue weighted by Gasteiger charge is 2.11. The van der Waals surface area contributed by atoms with Gasteiger partial charge in [0.2, 0.25) is 0 Å². The highest BCUT2D eigenvalue weighted by atomic mass is 35.5. The van der Waals surface area contributed by atoms with Gasteiger partial charge in [-0.15, -0.1) is 0 Å². The number of halogens is 1. The molecule has 0 amide bonds. The van der Waals surface area contributed by atoms with Gasteiger partial charge >= 0.3 is 5.97 Å². The van der Waals surface area contributed by atoms with Crippen LogP contribution >= 0.6 is 11.6 Å². The van der Waals surface area contributed by atoms with Crippen molar-refractivity contribution in [2.24, 2.45) is 5.73 Å². The first-order valence-electron chi connectivity index (χ1n) is 4.47. The number of carboxylic acids is 1. The van der Waals surface area contributed by atoms with Crippen LogP contribution in [0.25, 0.3) is 0 Å². The fourth-order valence-corrected chi connectivity index (χ4v) is 1.17. The summed E-state index contributed by atoms with van der Waals surface area (Å²) >= 11 is 5.83. The number of rotatable bonds is 5. The molecule has 0 fully saturated rings. The van der Waals surface area contributed by atoms with Crippen molar-refractivity contribution >= 4 is 17.6 Å². The smallest absolute Gasteiger partial charge is 0.320 e. The molecule has 0 heterocycles. The maximum atomic E-state index is 10.4. The summed E-state index contributed by atoms with van der Waals surface area (Å²) in [6.45, 7) is 0.233. The Morgan fingerprint density at radius 1 is 1.53 bits per heavy atom. The van der Waals surface area contributed by atoms with Crippen molar-refractivity contribution in [3.63, 3.8) is 0 Å². The van der Waals surface area contributed by atoms with Crippen LogP contribution in [0.4, 0.5) is 0 Å². The number of hydrogen-bond acceptors (Lipinski definition) is 3. The third-order valence-electron chi connectivity index (χ3n) is 1.84. The van der Waals surface area contributed by atoms with Crippen LogP contribution in [-0.2, 0) is 4.79 Å². The number of ether oxygens (including phenoxy) is 1. The molecule has 0 bridgehead atoms. The number of benzene rings is 1. The van der Waals surface area contributed by atoms with Gasteiger partial charge in [-0.05, 0) is 12.1 Å². The molecule has 0 saturated heterocycles. The Kier molecular flexibility index (Phi) is 4.39. The van der Waals surface area contributed by atoms with Crippen molar-refractivity contribution in [1.82, 2.24) is 0 Å². The summed E-state index contributed by atoms with van der Waals surface area (Å²) in [6.07, 6.45) is 0.251. The lowest BCUT2D eigenvalue weighted by molar-refractivity contribution is -0.138. The molecule has 3 N–H and O–H groups in total. The summed E-state index contributed by atoms with van der Waals surface area (Å²) in [5.74, 6) is -0.491. The third-order valence-corrected chi connectivity index (χ3v) is 2.15. The normalized spacial score (nSPS) is 12.1. The number of nitrogens with two attached hydrogens (primary N) is 1. The molecule has 0 aliphatic heterocycles. The number of carboxylic acid groups (broad SMARTS) is 1. The topological polar surface area (TPSA) is 72.5 Å². The summed E-state index contributed by atoms with van der Waals surface area (Å²) < 4.78 is 5.28. The van der Waals surface area contributed by atoms with E-state index >= 15 is 0 Å². The lowest BCUT2D eigenvalue weighted by Crippen LogP contribution is -2.31. The first-order chi connectivity index (χ1) is 7.11. The first kappa shape index (κ1) is 11.8. The minimum Gasteiger partial charge on any atom is -0.492 e. The molecule has 0 aliphatic carbocycles. The van der Waals surface area contributed by atoms with Gasteiger partial charge in [0.15, 0.2) is 0 Å². The zero-order valence-electron chi connectivity index (χ0n) is 8.02. The largest absolute Gasteiger partial charge is 0.492 e. The van der Waals surface area contributed by atoms with Crippen LogP contribution in [-0.4, -0.2) is 23.7 Å². The zero-order valence-corrected chi connectivity index (χ0v) is 8.78. The van der Waals surface area contributed by atoms with Crippen molar-refractivity contribution in [2.75, 3.05) is 6.61 Å². The van der Waals surface area contributed by atoms with Crippen molar-refractivity contribution < 1.29 is 14.6 Å². The van der Waals surface area contributed by atoms with E-state index in [1.807, 2.05) is 0 Å². The molecule has 82 valence electrons. The molecular weight excluding hydrogens is 218 g/mol. The Balaban J connectivity index is 2.38. The lowest BCUT2D eigenvalue weighted by Gasteiger charge is -2.09.